The molecule has 1 saturated carbocycles. The van der Waals surface area contributed by atoms with Crippen molar-refractivity contribution in [2.75, 3.05) is 11.9 Å². The Morgan fingerprint density at radius 1 is 1.15 bits per heavy atom. The van der Waals surface area contributed by atoms with Crippen molar-refractivity contribution in [1.82, 2.24) is 25.1 Å². The van der Waals surface area contributed by atoms with Gasteiger partial charge >= 0.3 is 0 Å². The molecule has 1 fully saturated rings. The first-order valence-electron chi connectivity index (χ1n) is 13.4. The van der Waals surface area contributed by atoms with Crippen LogP contribution < -0.4 is 10.6 Å². The van der Waals surface area contributed by atoms with Crippen LogP contribution in [0, 0.1) is 5.92 Å². The number of aromatic nitrogens is 4. The minimum atomic E-state index is -1.10. The standard InChI is InChI=1S/C28H40N8O3/c1-8-18(4)11-22(34-21-12-29-16-30-13-21)24(33-19(5)20-9-10-20)26(37)35-23-14-32-36(17(2)3)25(23)27(38)31-15-28(6,7)39/h12-14,16-18,39H,8-11,15H2,1-7H3,(H,31,38)(H,35,37). The van der Waals surface area contributed by atoms with Gasteiger partial charge in [-0.15, -0.1) is 0 Å². The van der Waals surface area contributed by atoms with E-state index in [1.165, 1.54) is 18.1 Å². The topological polar surface area (TPSA) is 147 Å². The Labute approximate surface area is 230 Å². The maximum Gasteiger partial charge on any atom is 0.276 e. The minimum absolute atomic E-state index is 0.0346. The summed E-state index contributed by atoms with van der Waals surface area (Å²) in [6.45, 7) is 13.1. The van der Waals surface area contributed by atoms with E-state index in [9.17, 15) is 14.7 Å². The van der Waals surface area contributed by atoms with E-state index in [1.807, 2.05) is 20.8 Å². The summed E-state index contributed by atoms with van der Waals surface area (Å²) in [6.07, 6.45) is 9.38. The SMILES string of the molecule is CCC(C)CC(=Nc1cncnc1)C(=NC(C)=C1CC1)C(=O)Nc1cnn(C(C)C)c1C(=O)NCC(C)(C)O. The molecule has 0 spiro atoms. The van der Waals surface area contributed by atoms with Crippen molar-refractivity contribution in [2.45, 2.75) is 85.8 Å². The molecule has 11 nitrogen and oxygen atoms in total. The van der Waals surface area contributed by atoms with Gasteiger partial charge in [0, 0.05) is 18.3 Å². The van der Waals surface area contributed by atoms with E-state index in [0.29, 0.717) is 17.8 Å². The van der Waals surface area contributed by atoms with Gasteiger partial charge in [-0.2, -0.15) is 5.10 Å². The van der Waals surface area contributed by atoms with Crippen LogP contribution in [0.15, 0.2) is 46.2 Å². The molecule has 11 heteroatoms. The summed E-state index contributed by atoms with van der Waals surface area (Å²) < 4.78 is 1.54. The van der Waals surface area contributed by atoms with Gasteiger partial charge in [-0.1, -0.05) is 20.3 Å². The van der Waals surface area contributed by atoms with Crippen LogP contribution in [0.25, 0.3) is 0 Å². The molecule has 1 unspecified atom stereocenters. The summed E-state index contributed by atoms with van der Waals surface area (Å²) in [4.78, 5) is 44.7. The van der Waals surface area contributed by atoms with Crippen LogP contribution in [0.5, 0.6) is 0 Å². The zero-order valence-corrected chi connectivity index (χ0v) is 23.9. The first-order chi connectivity index (χ1) is 18.4. The molecule has 210 valence electrons. The molecule has 1 aliphatic rings. The Kier molecular flexibility index (Phi) is 9.85. The Bertz CT molecular complexity index is 1260. The van der Waals surface area contributed by atoms with Crippen molar-refractivity contribution in [3.8, 4) is 0 Å². The van der Waals surface area contributed by atoms with Crippen LogP contribution in [0.4, 0.5) is 11.4 Å². The quantitative estimate of drug-likeness (QED) is 0.342. The van der Waals surface area contributed by atoms with Gasteiger partial charge in [0.15, 0.2) is 0 Å². The fourth-order valence-corrected chi connectivity index (χ4v) is 3.73. The molecule has 0 saturated heterocycles. The van der Waals surface area contributed by atoms with Crippen LogP contribution in [0.3, 0.4) is 0 Å². The number of aliphatic hydroxyl groups is 1. The monoisotopic (exact) mass is 536 g/mol. The second-order valence-corrected chi connectivity index (χ2v) is 10.9. The fourth-order valence-electron chi connectivity index (χ4n) is 3.73. The molecule has 2 aromatic heterocycles. The number of hydrogen-bond acceptors (Lipinski definition) is 8. The average molecular weight is 537 g/mol. The molecule has 1 atom stereocenters. The fraction of sp³-hybridized carbons (Fsp3) is 0.536. The van der Waals surface area contributed by atoms with Crippen LogP contribution in [0.2, 0.25) is 0 Å². The Balaban J connectivity index is 2.04. The Morgan fingerprint density at radius 3 is 2.38 bits per heavy atom. The number of rotatable bonds is 12. The van der Waals surface area contributed by atoms with Crippen molar-refractivity contribution in [3.63, 3.8) is 0 Å². The normalized spacial score (nSPS) is 14.8. The van der Waals surface area contributed by atoms with Crippen molar-refractivity contribution in [3.05, 3.63) is 41.9 Å². The molecule has 0 aliphatic heterocycles. The molecule has 2 amide bonds. The van der Waals surface area contributed by atoms with Crippen LogP contribution in [0.1, 0.15) is 90.7 Å². The van der Waals surface area contributed by atoms with E-state index in [0.717, 1.165) is 25.0 Å². The molecule has 0 aromatic carbocycles. The summed E-state index contributed by atoms with van der Waals surface area (Å²) >= 11 is 0. The van der Waals surface area contributed by atoms with Crippen molar-refractivity contribution in [2.24, 2.45) is 15.9 Å². The number of hydrogen-bond donors (Lipinski definition) is 3. The minimum Gasteiger partial charge on any atom is -0.389 e. The Morgan fingerprint density at radius 2 is 1.82 bits per heavy atom. The zero-order valence-electron chi connectivity index (χ0n) is 23.9. The van der Waals surface area contributed by atoms with E-state index in [-0.39, 0.29) is 35.6 Å². The van der Waals surface area contributed by atoms with Gasteiger partial charge in [-0.3, -0.25) is 14.3 Å². The zero-order chi connectivity index (χ0) is 28.7. The number of nitrogens with one attached hydrogen (secondary N) is 2. The van der Waals surface area contributed by atoms with E-state index in [2.05, 4.69) is 39.5 Å². The lowest BCUT2D eigenvalue weighted by Gasteiger charge is -2.19. The maximum absolute atomic E-state index is 13.9. The third-order valence-corrected chi connectivity index (χ3v) is 6.26. The Hall–Kier alpha value is -3.73. The molecule has 0 bridgehead atoms. The molecular weight excluding hydrogens is 496 g/mol. The van der Waals surface area contributed by atoms with Crippen LogP contribution in [-0.4, -0.2) is 60.2 Å². The number of carbonyl (C=O) groups is 2. The predicted octanol–water partition coefficient (Wildman–Crippen LogP) is 4.41. The predicted molar refractivity (Wildman–Crippen MR) is 152 cm³/mol. The van der Waals surface area contributed by atoms with Gasteiger partial charge in [0.1, 0.15) is 17.7 Å². The summed E-state index contributed by atoms with van der Waals surface area (Å²) in [5.74, 6) is -0.704. The second kappa shape index (κ2) is 12.9. The highest BCUT2D eigenvalue weighted by Gasteiger charge is 2.27. The third-order valence-electron chi connectivity index (χ3n) is 6.26. The van der Waals surface area contributed by atoms with Gasteiger partial charge in [0.2, 0.25) is 0 Å². The average Bonchev–Trinajstić information content (AvgIpc) is 3.65. The highest BCUT2D eigenvalue weighted by atomic mass is 16.3. The summed E-state index contributed by atoms with van der Waals surface area (Å²) in [5.41, 5.74) is 2.55. The van der Waals surface area contributed by atoms with Gasteiger partial charge in [-0.25, -0.2) is 20.0 Å². The van der Waals surface area contributed by atoms with Crippen molar-refractivity contribution in [1.29, 1.82) is 0 Å². The summed E-state index contributed by atoms with van der Waals surface area (Å²) in [5, 5.41) is 20.0. The maximum atomic E-state index is 13.9. The van der Waals surface area contributed by atoms with E-state index < -0.39 is 17.4 Å². The third kappa shape index (κ3) is 8.64. The lowest BCUT2D eigenvalue weighted by molar-refractivity contribution is -0.110. The smallest absolute Gasteiger partial charge is 0.276 e. The van der Waals surface area contributed by atoms with Crippen molar-refractivity contribution >= 4 is 34.6 Å². The van der Waals surface area contributed by atoms with E-state index in [4.69, 9.17) is 9.98 Å². The molecule has 2 aromatic rings. The molecule has 1 aliphatic carbocycles. The molecular formula is C28H40N8O3. The number of nitrogens with zero attached hydrogens (tertiary/aromatic N) is 6. The lowest BCUT2D eigenvalue weighted by Crippen LogP contribution is -2.39. The van der Waals surface area contributed by atoms with Gasteiger partial charge in [0.05, 0.1) is 41.3 Å². The molecule has 3 rings (SSSR count). The van der Waals surface area contributed by atoms with E-state index in [1.54, 1.807) is 30.9 Å². The molecule has 39 heavy (non-hydrogen) atoms. The lowest BCUT2D eigenvalue weighted by atomic mass is 9.98. The molecule has 2 heterocycles. The second-order valence-electron chi connectivity index (χ2n) is 10.9. The van der Waals surface area contributed by atoms with Gasteiger partial charge in [-0.05, 0) is 65.4 Å². The van der Waals surface area contributed by atoms with Crippen LogP contribution in [-0.2, 0) is 4.79 Å². The van der Waals surface area contributed by atoms with E-state index >= 15 is 0 Å². The van der Waals surface area contributed by atoms with Crippen molar-refractivity contribution < 1.29 is 14.7 Å². The number of allylic oxidation sites excluding steroid dienone is 2. The first kappa shape index (κ1) is 29.8. The highest BCUT2D eigenvalue weighted by molar-refractivity contribution is 6.69. The summed E-state index contributed by atoms with van der Waals surface area (Å²) in [6, 6.07) is -0.144. The first-order valence-corrected chi connectivity index (χ1v) is 13.4. The van der Waals surface area contributed by atoms with Gasteiger partial charge in [0.25, 0.3) is 11.8 Å². The number of aliphatic imine (C=N–C) groups is 2. The molecule has 0 radical (unpaired) electrons. The summed E-state index contributed by atoms with van der Waals surface area (Å²) in [7, 11) is 0. The van der Waals surface area contributed by atoms with Gasteiger partial charge < -0.3 is 15.7 Å². The number of carbonyl (C=O) groups excluding carboxylic acids is 2. The largest absolute Gasteiger partial charge is 0.389 e. The number of amides is 2. The van der Waals surface area contributed by atoms with Crippen LogP contribution >= 0.6 is 0 Å². The molecule has 3 N–H and O–H groups in total. The number of anilines is 1. The highest BCUT2D eigenvalue weighted by Crippen LogP contribution is 2.32.